The van der Waals surface area contributed by atoms with Crippen LogP contribution in [0.5, 0.6) is 5.75 Å². The fraction of sp³-hybridized carbons (Fsp3) is 0.500. The number of hydrogen-bond acceptors (Lipinski definition) is 2. The highest BCUT2D eigenvalue weighted by Crippen LogP contribution is 2.26. The number of rotatable bonds is 5. The Bertz CT molecular complexity index is 310. The minimum Gasteiger partial charge on any atom is -0.496 e. The zero-order valence-corrected chi connectivity index (χ0v) is 9.29. The van der Waals surface area contributed by atoms with Crippen molar-refractivity contribution in [2.75, 3.05) is 13.7 Å². The van der Waals surface area contributed by atoms with Crippen LogP contribution in [0.2, 0.25) is 0 Å². The van der Waals surface area contributed by atoms with Gasteiger partial charge < -0.3 is 10.5 Å². The van der Waals surface area contributed by atoms with E-state index < -0.39 is 5.67 Å². The second kappa shape index (κ2) is 5.12. The van der Waals surface area contributed by atoms with E-state index >= 15 is 0 Å². The van der Waals surface area contributed by atoms with E-state index in [1.54, 1.807) is 7.11 Å². The summed E-state index contributed by atoms with van der Waals surface area (Å²) in [5.41, 5.74) is 4.99. The lowest BCUT2D eigenvalue weighted by atomic mass is 9.93. The molecule has 0 heterocycles. The molecule has 1 atom stereocenters. The standard InChI is InChI=1S/C12H18FNO/c1-3-12(13,9-14)8-10-6-4-5-7-11(10)15-2/h4-7H,3,8-9,14H2,1-2H3. The number of nitrogens with two attached hydrogens (primary N) is 1. The normalized spacial score (nSPS) is 14.7. The lowest BCUT2D eigenvalue weighted by Crippen LogP contribution is -2.34. The third-order valence-corrected chi connectivity index (χ3v) is 2.70. The lowest BCUT2D eigenvalue weighted by molar-refractivity contribution is 0.166. The van der Waals surface area contributed by atoms with E-state index in [0.29, 0.717) is 12.8 Å². The number of benzene rings is 1. The van der Waals surface area contributed by atoms with Crippen molar-refractivity contribution in [3.63, 3.8) is 0 Å². The van der Waals surface area contributed by atoms with Crippen LogP contribution in [0.25, 0.3) is 0 Å². The van der Waals surface area contributed by atoms with Crippen LogP contribution in [-0.2, 0) is 6.42 Å². The van der Waals surface area contributed by atoms with Gasteiger partial charge >= 0.3 is 0 Å². The average Bonchev–Trinajstić information content (AvgIpc) is 2.29. The number of methoxy groups -OCH3 is 1. The number of hydrogen-bond donors (Lipinski definition) is 1. The summed E-state index contributed by atoms with van der Waals surface area (Å²) in [6.07, 6.45) is 0.728. The van der Waals surface area contributed by atoms with Crippen molar-refractivity contribution in [3.05, 3.63) is 29.8 Å². The Morgan fingerprint density at radius 3 is 2.60 bits per heavy atom. The van der Waals surface area contributed by atoms with Crippen LogP contribution in [0, 0.1) is 0 Å². The average molecular weight is 211 g/mol. The smallest absolute Gasteiger partial charge is 0.127 e. The summed E-state index contributed by atoms with van der Waals surface area (Å²) in [5, 5.41) is 0. The summed E-state index contributed by atoms with van der Waals surface area (Å²) in [5.74, 6) is 0.724. The second-order valence-electron chi connectivity index (χ2n) is 3.70. The molecule has 0 fully saturated rings. The topological polar surface area (TPSA) is 35.2 Å². The van der Waals surface area contributed by atoms with Crippen LogP contribution in [0.3, 0.4) is 0 Å². The maximum Gasteiger partial charge on any atom is 0.127 e. The van der Waals surface area contributed by atoms with E-state index in [9.17, 15) is 4.39 Å². The molecular formula is C12H18FNO. The van der Waals surface area contributed by atoms with Gasteiger partial charge in [-0.25, -0.2) is 4.39 Å². The summed E-state index contributed by atoms with van der Waals surface area (Å²) in [6, 6.07) is 7.46. The van der Waals surface area contributed by atoms with Crippen LogP contribution in [0.4, 0.5) is 4.39 Å². The van der Waals surface area contributed by atoms with Gasteiger partial charge in [-0.3, -0.25) is 0 Å². The van der Waals surface area contributed by atoms with Crippen molar-refractivity contribution >= 4 is 0 Å². The first-order valence-electron chi connectivity index (χ1n) is 5.16. The predicted octanol–water partition coefficient (Wildman–Crippen LogP) is 2.31. The van der Waals surface area contributed by atoms with Crippen molar-refractivity contribution in [2.24, 2.45) is 5.73 Å². The Hall–Kier alpha value is -1.09. The second-order valence-corrected chi connectivity index (χ2v) is 3.70. The monoisotopic (exact) mass is 211 g/mol. The first kappa shape index (κ1) is 12.0. The van der Waals surface area contributed by atoms with E-state index in [0.717, 1.165) is 11.3 Å². The molecule has 2 nitrogen and oxygen atoms in total. The van der Waals surface area contributed by atoms with Gasteiger partial charge in [-0.05, 0) is 18.1 Å². The first-order chi connectivity index (χ1) is 7.15. The molecule has 1 aromatic carbocycles. The number of alkyl halides is 1. The van der Waals surface area contributed by atoms with E-state index in [4.69, 9.17) is 10.5 Å². The molecular weight excluding hydrogens is 193 g/mol. The molecule has 15 heavy (non-hydrogen) atoms. The van der Waals surface area contributed by atoms with Gasteiger partial charge in [0.2, 0.25) is 0 Å². The molecule has 0 aliphatic rings. The summed E-state index contributed by atoms with van der Waals surface area (Å²) in [7, 11) is 1.59. The number of para-hydroxylation sites is 1. The van der Waals surface area contributed by atoms with Gasteiger partial charge in [0.25, 0.3) is 0 Å². The summed E-state index contributed by atoms with van der Waals surface area (Å²) in [6.45, 7) is 1.85. The predicted molar refractivity (Wildman–Crippen MR) is 59.9 cm³/mol. The van der Waals surface area contributed by atoms with Gasteiger partial charge in [0, 0.05) is 13.0 Å². The highest BCUT2D eigenvalue weighted by molar-refractivity contribution is 5.34. The number of ether oxygens (including phenoxy) is 1. The van der Waals surface area contributed by atoms with Gasteiger partial charge in [0.15, 0.2) is 0 Å². The Morgan fingerprint density at radius 1 is 1.40 bits per heavy atom. The van der Waals surface area contributed by atoms with Crippen LogP contribution >= 0.6 is 0 Å². The minimum atomic E-state index is -1.32. The fourth-order valence-corrected chi connectivity index (χ4v) is 1.53. The Balaban J connectivity index is 2.87. The highest BCUT2D eigenvalue weighted by atomic mass is 19.1. The Labute approximate surface area is 90.2 Å². The van der Waals surface area contributed by atoms with E-state index in [1.807, 2.05) is 31.2 Å². The molecule has 1 rings (SSSR count). The van der Waals surface area contributed by atoms with Gasteiger partial charge in [0.1, 0.15) is 11.4 Å². The Kier molecular flexibility index (Phi) is 4.09. The Morgan fingerprint density at radius 2 is 2.07 bits per heavy atom. The molecule has 0 aliphatic carbocycles. The quantitative estimate of drug-likeness (QED) is 0.811. The summed E-state index contributed by atoms with van der Waals surface area (Å²) in [4.78, 5) is 0. The molecule has 0 amide bonds. The molecule has 0 aliphatic heterocycles. The molecule has 1 aromatic rings. The van der Waals surface area contributed by atoms with E-state index in [-0.39, 0.29) is 6.54 Å². The van der Waals surface area contributed by atoms with Crippen LogP contribution in [-0.4, -0.2) is 19.3 Å². The third kappa shape index (κ3) is 2.93. The van der Waals surface area contributed by atoms with Crippen molar-refractivity contribution < 1.29 is 9.13 Å². The van der Waals surface area contributed by atoms with Gasteiger partial charge in [0.05, 0.1) is 7.11 Å². The van der Waals surface area contributed by atoms with Gasteiger partial charge in [-0.2, -0.15) is 0 Å². The SMILES string of the molecule is CCC(F)(CN)Cc1ccccc1OC. The summed E-state index contributed by atoms with van der Waals surface area (Å²) < 4.78 is 19.2. The van der Waals surface area contributed by atoms with Gasteiger partial charge in [-0.1, -0.05) is 25.1 Å². The molecule has 0 bridgehead atoms. The van der Waals surface area contributed by atoms with Gasteiger partial charge in [-0.15, -0.1) is 0 Å². The van der Waals surface area contributed by atoms with Crippen molar-refractivity contribution in [3.8, 4) is 5.75 Å². The maximum atomic E-state index is 14.1. The molecule has 84 valence electrons. The molecule has 0 saturated carbocycles. The molecule has 1 unspecified atom stereocenters. The zero-order valence-electron chi connectivity index (χ0n) is 9.29. The molecule has 0 spiro atoms. The minimum absolute atomic E-state index is 0.0432. The zero-order chi connectivity index (χ0) is 11.3. The molecule has 0 aromatic heterocycles. The lowest BCUT2D eigenvalue weighted by Gasteiger charge is -2.22. The molecule has 2 N–H and O–H groups in total. The fourth-order valence-electron chi connectivity index (χ4n) is 1.53. The van der Waals surface area contributed by atoms with Crippen molar-refractivity contribution in [1.29, 1.82) is 0 Å². The van der Waals surface area contributed by atoms with Crippen LogP contribution < -0.4 is 10.5 Å². The van der Waals surface area contributed by atoms with Crippen LogP contribution in [0.15, 0.2) is 24.3 Å². The first-order valence-corrected chi connectivity index (χ1v) is 5.16. The van der Waals surface area contributed by atoms with Crippen molar-refractivity contribution in [2.45, 2.75) is 25.4 Å². The van der Waals surface area contributed by atoms with E-state index in [1.165, 1.54) is 0 Å². The summed E-state index contributed by atoms with van der Waals surface area (Å²) >= 11 is 0. The molecule has 3 heteroatoms. The molecule has 0 saturated heterocycles. The number of halogens is 1. The van der Waals surface area contributed by atoms with Crippen molar-refractivity contribution in [1.82, 2.24) is 0 Å². The largest absolute Gasteiger partial charge is 0.496 e. The van der Waals surface area contributed by atoms with Crippen LogP contribution in [0.1, 0.15) is 18.9 Å². The molecule has 0 radical (unpaired) electrons. The third-order valence-electron chi connectivity index (χ3n) is 2.70. The maximum absolute atomic E-state index is 14.1. The highest BCUT2D eigenvalue weighted by Gasteiger charge is 2.27. The van der Waals surface area contributed by atoms with E-state index in [2.05, 4.69) is 0 Å².